The Morgan fingerprint density at radius 3 is 2.25 bits per heavy atom. The molecule has 0 aliphatic rings. The molecule has 16 heavy (non-hydrogen) atoms. The molecule has 0 heterocycles. The van der Waals surface area contributed by atoms with Crippen LogP contribution in [0.2, 0.25) is 0 Å². The molecule has 0 atom stereocenters. The molecule has 0 aromatic rings. The fourth-order valence-electron chi connectivity index (χ4n) is 1.08. The third kappa shape index (κ3) is 6.55. The van der Waals surface area contributed by atoms with Crippen LogP contribution in [0, 0.1) is 0 Å². The predicted molar refractivity (Wildman–Crippen MR) is 57.0 cm³/mol. The molecular weight excluding hydrogens is 267 g/mol. The van der Waals surface area contributed by atoms with Gasteiger partial charge in [-0.2, -0.15) is 17.5 Å². The molecule has 98 valence electrons. The molecule has 0 rings (SSSR count). The Morgan fingerprint density at radius 1 is 1.31 bits per heavy atom. The third-order valence-electron chi connectivity index (χ3n) is 1.85. The van der Waals surface area contributed by atoms with Gasteiger partial charge in [0.2, 0.25) is 10.0 Å². The normalized spacial score (nSPS) is 13.4. The molecule has 0 bridgehead atoms. The van der Waals surface area contributed by atoms with E-state index in [1.54, 1.807) is 6.92 Å². The van der Waals surface area contributed by atoms with Gasteiger partial charge in [0, 0.05) is 12.4 Å². The summed E-state index contributed by atoms with van der Waals surface area (Å²) in [4.78, 5) is 0. The van der Waals surface area contributed by atoms with Crippen molar-refractivity contribution in [2.24, 2.45) is 0 Å². The van der Waals surface area contributed by atoms with Crippen molar-refractivity contribution in [3.05, 3.63) is 0 Å². The largest absolute Gasteiger partial charge is 0.402 e. The number of sulfonamides is 1. The van der Waals surface area contributed by atoms with Crippen molar-refractivity contribution in [2.45, 2.75) is 25.9 Å². The minimum atomic E-state index is -4.52. The maximum absolute atomic E-state index is 12.2. The number of alkyl halides is 4. The van der Waals surface area contributed by atoms with E-state index in [-0.39, 0.29) is 12.4 Å². The first-order chi connectivity index (χ1) is 7.23. The summed E-state index contributed by atoms with van der Waals surface area (Å²) in [6.07, 6.45) is -3.49. The van der Waals surface area contributed by atoms with E-state index in [0.29, 0.717) is 17.1 Å². The highest BCUT2D eigenvalue weighted by molar-refractivity contribution is 7.89. The quantitative estimate of drug-likeness (QED) is 0.671. The molecule has 3 nitrogen and oxygen atoms in total. The Kier molecular flexibility index (Phi) is 6.65. The van der Waals surface area contributed by atoms with Crippen LogP contribution < -0.4 is 0 Å². The first kappa shape index (κ1) is 16.0. The summed E-state index contributed by atoms with van der Waals surface area (Å²) in [5.74, 6) is -0.669. The molecule has 0 spiro atoms. The summed E-state index contributed by atoms with van der Waals surface area (Å²) in [5, 5.41) is 0. The molecule has 0 saturated heterocycles. The fourth-order valence-corrected chi connectivity index (χ4v) is 2.87. The Balaban J connectivity index is 4.66. The van der Waals surface area contributed by atoms with E-state index in [2.05, 4.69) is 0 Å². The second-order valence-corrected chi connectivity index (χ2v) is 5.77. The minimum absolute atomic E-state index is 0.116. The van der Waals surface area contributed by atoms with Crippen LogP contribution in [0.4, 0.5) is 13.2 Å². The highest BCUT2D eigenvalue weighted by Crippen LogP contribution is 2.19. The molecule has 0 unspecified atom stereocenters. The lowest BCUT2D eigenvalue weighted by Crippen LogP contribution is -2.41. The molecular formula is C8H15ClF3NO2S. The Morgan fingerprint density at radius 2 is 1.88 bits per heavy atom. The van der Waals surface area contributed by atoms with E-state index in [4.69, 9.17) is 11.6 Å². The van der Waals surface area contributed by atoms with Gasteiger partial charge in [-0.15, -0.1) is 11.6 Å². The summed E-state index contributed by atoms with van der Waals surface area (Å²) in [6, 6.07) is 0. The Bertz CT molecular complexity index is 292. The van der Waals surface area contributed by atoms with Crippen LogP contribution in [0.5, 0.6) is 0 Å². The van der Waals surface area contributed by atoms with Gasteiger partial charge in [-0.05, 0) is 6.42 Å². The SMILES string of the molecule is CCCCN(CC(F)(F)F)S(=O)(=O)CCCl. The molecule has 0 radical (unpaired) electrons. The van der Waals surface area contributed by atoms with Gasteiger partial charge in [-0.1, -0.05) is 13.3 Å². The summed E-state index contributed by atoms with van der Waals surface area (Å²) >= 11 is 5.25. The van der Waals surface area contributed by atoms with Gasteiger partial charge < -0.3 is 0 Å². The van der Waals surface area contributed by atoms with Gasteiger partial charge in [-0.25, -0.2) is 8.42 Å². The zero-order chi connectivity index (χ0) is 12.8. The summed E-state index contributed by atoms with van der Waals surface area (Å²) in [5.41, 5.74) is 0. The molecule has 0 N–H and O–H groups in total. The van der Waals surface area contributed by atoms with Crippen molar-refractivity contribution in [3.8, 4) is 0 Å². The lowest BCUT2D eigenvalue weighted by Gasteiger charge is -2.22. The van der Waals surface area contributed by atoms with Crippen LogP contribution in [-0.2, 0) is 10.0 Å². The van der Waals surface area contributed by atoms with Gasteiger partial charge in [0.1, 0.15) is 6.54 Å². The van der Waals surface area contributed by atoms with E-state index < -0.39 is 28.5 Å². The highest BCUT2D eigenvalue weighted by atomic mass is 35.5. The van der Waals surface area contributed by atoms with Crippen LogP contribution in [0.15, 0.2) is 0 Å². The second kappa shape index (κ2) is 6.66. The molecule has 0 fully saturated rings. The monoisotopic (exact) mass is 281 g/mol. The van der Waals surface area contributed by atoms with E-state index >= 15 is 0 Å². The van der Waals surface area contributed by atoms with E-state index in [1.165, 1.54) is 0 Å². The van der Waals surface area contributed by atoms with Gasteiger partial charge in [-0.3, -0.25) is 0 Å². The van der Waals surface area contributed by atoms with E-state index in [1.807, 2.05) is 0 Å². The number of halogens is 4. The topological polar surface area (TPSA) is 37.4 Å². The smallest absolute Gasteiger partial charge is 0.212 e. The molecule has 0 aliphatic heterocycles. The molecule has 0 aliphatic carbocycles. The molecule has 8 heteroatoms. The first-order valence-electron chi connectivity index (χ1n) is 4.83. The van der Waals surface area contributed by atoms with E-state index in [9.17, 15) is 21.6 Å². The summed E-state index contributed by atoms with van der Waals surface area (Å²) in [6.45, 7) is 0.224. The van der Waals surface area contributed by atoms with Crippen LogP contribution in [-0.4, -0.2) is 43.6 Å². The number of hydrogen-bond acceptors (Lipinski definition) is 2. The summed E-state index contributed by atoms with van der Waals surface area (Å²) < 4.78 is 59.9. The van der Waals surface area contributed by atoms with Crippen molar-refractivity contribution < 1.29 is 21.6 Å². The highest BCUT2D eigenvalue weighted by Gasteiger charge is 2.35. The molecule has 0 aromatic heterocycles. The van der Waals surface area contributed by atoms with Gasteiger partial charge in [0.15, 0.2) is 0 Å². The average molecular weight is 282 g/mol. The van der Waals surface area contributed by atoms with Crippen molar-refractivity contribution in [1.29, 1.82) is 0 Å². The maximum atomic E-state index is 12.2. The Labute approximate surface area is 98.6 Å². The van der Waals surface area contributed by atoms with Gasteiger partial charge >= 0.3 is 6.18 Å². The van der Waals surface area contributed by atoms with Crippen LogP contribution in [0.1, 0.15) is 19.8 Å². The molecule has 0 amide bonds. The Hall–Kier alpha value is -0.0100. The fraction of sp³-hybridized carbons (Fsp3) is 1.00. The molecule has 0 saturated carbocycles. The summed E-state index contributed by atoms with van der Waals surface area (Å²) in [7, 11) is -3.90. The van der Waals surface area contributed by atoms with Crippen molar-refractivity contribution in [1.82, 2.24) is 4.31 Å². The third-order valence-corrected chi connectivity index (χ3v) is 4.08. The van der Waals surface area contributed by atoms with Gasteiger partial charge in [0.05, 0.1) is 5.75 Å². The lowest BCUT2D eigenvalue weighted by molar-refractivity contribution is -0.136. The van der Waals surface area contributed by atoms with E-state index in [0.717, 1.165) is 0 Å². The lowest BCUT2D eigenvalue weighted by atomic mass is 10.3. The zero-order valence-corrected chi connectivity index (χ0v) is 10.5. The predicted octanol–water partition coefficient (Wildman–Crippen LogP) is 2.22. The number of rotatable bonds is 7. The number of nitrogens with zero attached hydrogens (tertiary/aromatic N) is 1. The van der Waals surface area contributed by atoms with Crippen molar-refractivity contribution in [2.75, 3.05) is 24.7 Å². The van der Waals surface area contributed by atoms with Crippen LogP contribution in [0.3, 0.4) is 0 Å². The second-order valence-electron chi connectivity index (χ2n) is 3.31. The van der Waals surface area contributed by atoms with Crippen LogP contribution >= 0.6 is 11.6 Å². The standard InChI is InChI=1S/C8H15ClF3NO2S/c1-2-3-5-13(7-8(10,11)12)16(14,15)6-4-9/h2-7H2,1H3. The minimum Gasteiger partial charge on any atom is -0.212 e. The number of hydrogen-bond donors (Lipinski definition) is 0. The maximum Gasteiger partial charge on any atom is 0.402 e. The van der Waals surface area contributed by atoms with Gasteiger partial charge in [0.25, 0.3) is 0 Å². The van der Waals surface area contributed by atoms with Crippen molar-refractivity contribution in [3.63, 3.8) is 0 Å². The first-order valence-corrected chi connectivity index (χ1v) is 6.98. The van der Waals surface area contributed by atoms with Crippen LogP contribution in [0.25, 0.3) is 0 Å². The van der Waals surface area contributed by atoms with Crippen molar-refractivity contribution >= 4 is 21.6 Å². The molecule has 0 aromatic carbocycles. The average Bonchev–Trinajstić information content (AvgIpc) is 2.10. The zero-order valence-electron chi connectivity index (χ0n) is 8.93. The number of unbranched alkanes of at least 4 members (excludes halogenated alkanes) is 1.